The predicted molar refractivity (Wildman–Crippen MR) is 43.0 cm³/mol. The van der Waals surface area contributed by atoms with Crippen molar-refractivity contribution in [1.29, 1.82) is 0 Å². The van der Waals surface area contributed by atoms with Crippen LogP contribution in [0.1, 0.15) is 30.9 Å². The zero-order valence-corrected chi connectivity index (χ0v) is 6.63. The van der Waals surface area contributed by atoms with Gasteiger partial charge in [0.05, 0.1) is 11.9 Å². The van der Waals surface area contributed by atoms with Gasteiger partial charge in [-0.05, 0) is 12.8 Å². The lowest BCUT2D eigenvalue weighted by Crippen LogP contribution is -2.14. The zero-order valence-electron chi connectivity index (χ0n) is 6.63. The molecule has 1 aromatic heterocycles. The fraction of sp³-hybridized carbons (Fsp3) is 0.500. The lowest BCUT2D eigenvalue weighted by Gasteiger charge is -2.24. The van der Waals surface area contributed by atoms with Gasteiger partial charge in [-0.15, -0.1) is 0 Å². The fourth-order valence-corrected chi connectivity index (χ4v) is 1.34. The number of nitrogen functional groups attached to an aromatic ring is 1. The van der Waals surface area contributed by atoms with Gasteiger partial charge in [0.15, 0.2) is 0 Å². The van der Waals surface area contributed by atoms with Crippen LogP contribution in [0.4, 0.5) is 10.2 Å². The first-order chi connectivity index (χ1) is 5.77. The fourth-order valence-electron chi connectivity index (χ4n) is 1.34. The van der Waals surface area contributed by atoms with Crippen molar-refractivity contribution < 1.29 is 4.39 Å². The van der Waals surface area contributed by atoms with Gasteiger partial charge in [-0.25, -0.2) is 0 Å². The molecule has 3 nitrogen and oxygen atoms in total. The number of aromatic nitrogens is 2. The van der Waals surface area contributed by atoms with Crippen molar-refractivity contribution in [1.82, 2.24) is 9.97 Å². The maximum atomic E-state index is 13.1. The van der Waals surface area contributed by atoms with Crippen LogP contribution in [0.15, 0.2) is 6.20 Å². The molecule has 2 rings (SSSR count). The average Bonchev–Trinajstić information content (AvgIpc) is 1.91. The maximum Gasteiger partial charge on any atom is 0.236 e. The Bertz CT molecular complexity index is 296. The van der Waals surface area contributed by atoms with Crippen molar-refractivity contribution in [2.75, 3.05) is 5.73 Å². The smallest absolute Gasteiger partial charge is 0.236 e. The number of hydrogen-bond donors (Lipinski definition) is 1. The average molecular weight is 167 g/mol. The van der Waals surface area contributed by atoms with Gasteiger partial charge in [0.25, 0.3) is 0 Å². The first-order valence-corrected chi connectivity index (χ1v) is 4.05. The van der Waals surface area contributed by atoms with Crippen LogP contribution in [0.2, 0.25) is 0 Å². The molecule has 0 radical (unpaired) electrons. The molecule has 1 fully saturated rings. The van der Waals surface area contributed by atoms with Crippen LogP contribution in [0.5, 0.6) is 0 Å². The highest BCUT2D eigenvalue weighted by atomic mass is 19.1. The standard InChI is InChI=1S/C8H10FN3/c9-8-7(5-2-1-3-5)11-4-6(10)12-8/h4-5H,1-3H2,(H2,10,12). The summed E-state index contributed by atoms with van der Waals surface area (Å²) in [5, 5.41) is 0. The number of anilines is 1. The van der Waals surface area contributed by atoms with E-state index in [2.05, 4.69) is 9.97 Å². The molecule has 0 aliphatic heterocycles. The van der Waals surface area contributed by atoms with Crippen LogP contribution >= 0.6 is 0 Å². The quantitative estimate of drug-likeness (QED) is 0.689. The highest BCUT2D eigenvalue weighted by Crippen LogP contribution is 2.35. The van der Waals surface area contributed by atoms with Crippen molar-refractivity contribution in [2.45, 2.75) is 25.2 Å². The Morgan fingerprint density at radius 2 is 2.25 bits per heavy atom. The van der Waals surface area contributed by atoms with Crippen LogP contribution < -0.4 is 5.73 Å². The van der Waals surface area contributed by atoms with Crippen molar-refractivity contribution in [3.8, 4) is 0 Å². The highest BCUT2D eigenvalue weighted by molar-refractivity contribution is 5.25. The third-order valence-electron chi connectivity index (χ3n) is 2.27. The second-order valence-corrected chi connectivity index (χ2v) is 3.10. The Morgan fingerprint density at radius 1 is 1.50 bits per heavy atom. The lowest BCUT2D eigenvalue weighted by molar-refractivity contribution is 0.388. The molecular weight excluding hydrogens is 157 g/mol. The van der Waals surface area contributed by atoms with Crippen LogP contribution in [-0.4, -0.2) is 9.97 Å². The van der Waals surface area contributed by atoms with Crippen molar-refractivity contribution in [3.05, 3.63) is 17.8 Å². The lowest BCUT2D eigenvalue weighted by atomic mass is 9.83. The molecule has 1 heterocycles. The van der Waals surface area contributed by atoms with Crippen LogP contribution in [0.3, 0.4) is 0 Å². The van der Waals surface area contributed by atoms with E-state index in [4.69, 9.17) is 5.73 Å². The second-order valence-electron chi connectivity index (χ2n) is 3.10. The van der Waals surface area contributed by atoms with E-state index < -0.39 is 5.95 Å². The summed E-state index contributed by atoms with van der Waals surface area (Å²) in [5.41, 5.74) is 5.76. The number of hydrogen-bond acceptors (Lipinski definition) is 3. The molecule has 0 saturated heterocycles. The molecule has 0 amide bonds. The molecule has 2 N–H and O–H groups in total. The van der Waals surface area contributed by atoms with Crippen molar-refractivity contribution >= 4 is 5.82 Å². The maximum absolute atomic E-state index is 13.1. The third-order valence-corrected chi connectivity index (χ3v) is 2.27. The van der Waals surface area contributed by atoms with E-state index in [9.17, 15) is 4.39 Å². The topological polar surface area (TPSA) is 51.8 Å². The summed E-state index contributed by atoms with van der Waals surface area (Å²) in [7, 11) is 0. The number of halogens is 1. The molecule has 0 unspecified atom stereocenters. The normalized spacial score (nSPS) is 17.4. The minimum Gasteiger partial charge on any atom is -0.382 e. The molecule has 0 aromatic carbocycles. The Hall–Kier alpha value is -1.19. The summed E-state index contributed by atoms with van der Waals surface area (Å²) in [4.78, 5) is 7.46. The van der Waals surface area contributed by atoms with Gasteiger partial charge in [0.1, 0.15) is 5.82 Å². The van der Waals surface area contributed by atoms with E-state index in [0.717, 1.165) is 19.3 Å². The van der Waals surface area contributed by atoms with Crippen LogP contribution in [0.25, 0.3) is 0 Å². The Kier molecular flexibility index (Phi) is 1.67. The van der Waals surface area contributed by atoms with Gasteiger partial charge in [-0.2, -0.15) is 9.37 Å². The zero-order chi connectivity index (χ0) is 8.55. The molecule has 0 spiro atoms. The number of rotatable bonds is 1. The minimum atomic E-state index is -0.500. The monoisotopic (exact) mass is 167 g/mol. The molecule has 1 saturated carbocycles. The number of nitrogens with zero attached hydrogens (tertiary/aromatic N) is 2. The van der Waals surface area contributed by atoms with Crippen molar-refractivity contribution in [3.63, 3.8) is 0 Å². The molecule has 64 valence electrons. The van der Waals surface area contributed by atoms with E-state index in [-0.39, 0.29) is 11.7 Å². The van der Waals surface area contributed by atoms with Crippen LogP contribution in [-0.2, 0) is 0 Å². The van der Waals surface area contributed by atoms with Gasteiger partial charge in [0.2, 0.25) is 5.95 Å². The second kappa shape index (κ2) is 2.69. The summed E-state index contributed by atoms with van der Waals surface area (Å²) in [6.45, 7) is 0. The van der Waals surface area contributed by atoms with E-state index in [1.165, 1.54) is 6.20 Å². The van der Waals surface area contributed by atoms with Crippen LogP contribution in [0, 0.1) is 5.95 Å². The molecule has 0 atom stereocenters. The van der Waals surface area contributed by atoms with Crippen molar-refractivity contribution in [2.24, 2.45) is 0 Å². The molecule has 0 bridgehead atoms. The first kappa shape index (κ1) is 7.46. The van der Waals surface area contributed by atoms with E-state index in [0.29, 0.717) is 5.69 Å². The van der Waals surface area contributed by atoms with Gasteiger partial charge in [-0.1, -0.05) is 6.42 Å². The van der Waals surface area contributed by atoms with Gasteiger partial charge in [0, 0.05) is 5.92 Å². The molecule has 4 heteroatoms. The molecule has 1 aliphatic rings. The first-order valence-electron chi connectivity index (χ1n) is 4.05. The summed E-state index contributed by atoms with van der Waals surface area (Å²) >= 11 is 0. The Morgan fingerprint density at radius 3 is 2.75 bits per heavy atom. The molecular formula is C8H10FN3. The Balaban J connectivity index is 2.31. The predicted octanol–water partition coefficient (Wildman–Crippen LogP) is 1.47. The molecule has 1 aromatic rings. The van der Waals surface area contributed by atoms with E-state index >= 15 is 0 Å². The summed E-state index contributed by atoms with van der Waals surface area (Å²) in [6, 6.07) is 0. The SMILES string of the molecule is Nc1cnc(C2CCC2)c(F)n1. The van der Waals surface area contributed by atoms with Gasteiger partial charge in [-0.3, -0.25) is 4.98 Å². The van der Waals surface area contributed by atoms with Gasteiger partial charge < -0.3 is 5.73 Å². The largest absolute Gasteiger partial charge is 0.382 e. The van der Waals surface area contributed by atoms with E-state index in [1.54, 1.807) is 0 Å². The third kappa shape index (κ3) is 1.13. The summed E-state index contributed by atoms with van der Waals surface area (Å²) in [6.07, 6.45) is 4.62. The Labute approximate surface area is 69.8 Å². The number of nitrogens with two attached hydrogens (primary N) is 1. The van der Waals surface area contributed by atoms with Gasteiger partial charge >= 0.3 is 0 Å². The molecule has 12 heavy (non-hydrogen) atoms. The molecule has 1 aliphatic carbocycles. The minimum absolute atomic E-state index is 0.149. The summed E-state index contributed by atoms with van der Waals surface area (Å²) in [5.74, 6) is -0.0756. The summed E-state index contributed by atoms with van der Waals surface area (Å²) < 4.78 is 13.1. The highest BCUT2D eigenvalue weighted by Gasteiger charge is 2.24. The van der Waals surface area contributed by atoms with E-state index in [1.807, 2.05) is 0 Å².